The summed E-state index contributed by atoms with van der Waals surface area (Å²) in [6, 6.07) is 13.1. The Bertz CT molecular complexity index is 832. The summed E-state index contributed by atoms with van der Waals surface area (Å²) < 4.78 is 12.8. The third kappa shape index (κ3) is 4.44. The van der Waals surface area contributed by atoms with Gasteiger partial charge < -0.3 is 15.5 Å². The first kappa shape index (κ1) is 17.6. The van der Waals surface area contributed by atoms with E-state index in [0.29, 0.717) is 17.8 Å². The molecular formula is C19H18FN3O3. The molecule has 0 spiro atoms. The van der Waals surface area contributed by atoms with E-state index in [1.54, 1.807) is 0 Å². The number of carbonyl (C=O) groups excluding carboxylic acids is 2. The minimum Gasteiger partial charge on any atom is -0.382 e. The van der Waals surface area contributed by atoms with Crippen LogP contribution >= 0.6 is 0 Å². The molecule has 0 aromatic heterocycles. The molecule has 3 rings (SSSR count). The normalized spacial score (nSPS) is 15.8. The van der Waals surface area contributed by atoms with Crippen molar-refractivity contribution in [1.82, 2.24) is 5.32 Å². The lowest BCUT2D eigenvalue weighted by Gasteiger charge is -2.10. The number of oxime groups is 1. The highest BCUT2D eigenvalue weighted by Gasteiger charge is 2.28. The fourth-order valence-electron chi connectivity index (χ4n) is 2.45. The predicted molar refractivity (Wildman–Crippen MR) is 95.2 cm³/mol. The Morgan fingerprint density at radius 2 is 1.85 bits per heavy atom. The van der Waals surface area contributed by atoms with Crippen molar-refractivity contribution >= 4 is 23.2 Å². The first-order valence-electron chi connectivity index (χ1n) is 8.14. The van der Waals surface area contributed by atoms with Crippen LogP contribution in [0.4, 0.5) is 10.1 Å². The van der Waals surface area contributed by atoms with Crippen LogP contribution < -0.4 is 10.6 Å². The molecule has 0 fully saturated rings. The largest absolute Gasteiger partial charge is 0.382 e. The van der Waals surface area contributed by atoms with Gasteiger partial charge in [0.15, 0.2) is 0 Å². The number of amides is 2. The Balaban J connectivity index is 1.46. The van der Waals surface area contributed by atoms with Crippen LogP contribution in [-0.4, -0.2) is 30.2 Å². The van der Waals surface area contributed by atoms with Gasteiger partial charge in [0.05, 0.1) is 12.3 Å². The van der Waals surface area contributed by atoms with E-state index in [0.717, 1.165) is 11.1 Å². The first-order valence-corrected chi connectivity index (χ1v) is 8.14. The fourth-order valence-corrected chi connectivity index (χ4v) is 2.45. The highest BCUT2D eigenvalue weighted by atomic mass is 19.1. The van der Waals surface area contributed by atoms with Crippen molar-refractivity contribution < 1.29 is 18.8 Å². The quantitative estimate of drug-likeness (QED) is 0.864. The summed E-state index contributed by atoms with van der Waals surface area (Å²) in [5, 5.41) is 9.04. The number of anilines is 1. The van der Waals surface area contributed by atoms with E-state index in [9.17, 15) is 14.0 Å². The Hall–Kier alpha value is -3.22. The van der Waals surface area contributed by atoms with Crippen LogP contribution in [0.3, 0.4) is 0 Å². The second kappa shape index (κ2) is 7.77. The first-order chi connectivity index (χ1) is 12.5. The maximum atomic E-state index is 12.8. The summed E-state index contributed by atoms with van der Waals surface area (Å²) in [4.78, 5) is 29.2. The monoisotopic (exact) mass is 355 g/mol. The summed E-state index contributed by atoms with van der Waals surface area (Å²) >= 11 is 0. The van der Waals surface area contributed by atoms with Crippen molar-refractivity contribution in [2.24, 2.45) is 5.16 Å². The molecule has 1 aliphatic rings. The highest BCUT2D eigenvalue weighted by molar-refractivity contribution is 6.04. The van der Waals surface area contributed by atoms with Crippen molar-refractivity contribution in [2.75, 3.05) is 11.9 Å². The van der Waals surface area contributed by atoms with Crippen LogP contribution in [0.15, 0.2) is 53.7 Å². The van der Waals surface area contributed by atoms with Crippen molar-refractivity contribution in [3.05, 3.63) is 65.5 Å². The number of aryl methyl sites for hydroxylation is 1. The van der Waals surface area contributed by atoms with Gasteiger partial charge in [0.25, 0.3) is 5.91 Å². The molecule has 0 aliphatic carbocycles. The van der Waals surface area contributed by atoms with Gasteiger partial charge in [-0.05, 0) is 36.8 Å². The molecule has 1 atom stereocenters. The van der Waals surface area contributed by atoms with Crippen molar-refractivity contribution in [2.45, 2.75) is 19.4 Å². The second-order valence-electron chi connectivity index (χ2n) is 5.98. The van der Waals surface area contributed by atoms with Crippen molar-refractivity contribution in [1.29, 1.82) is 0 Å². The van der Waals surface area contributed by atoms with E-state index in [-0.39, 0.29) is 12.4 Å². The molecule has 2 aromatic rings. The number of benzene rings is 2. The van der Waals surface area contributed by atoms with Gasteiger partial charge in [-0.25, -0.2) is 4.39 Å². The summed E-state index contributed by atoms with van der Waals surface area (Å²) in [5.41, 5.74) is 3.18. The molecule has 0 bridgehead atoms. The molecule has 26 heavy (non-hydrogen) atoms. The van der Waals surface area contributed by atoms with Gasteiger partial charge in [0.1, 0.15) is 5.82 Å². The van der Waals surface area contributed by atoms with Gasteiger partial charge in [-0.3, -0.25) is 9.59 Å². The molecule has 134 valence electrons. The molecule has 7 heteroatoms. The van der Waals surface area contributed by atoms with Gasteiger partial charge in [-0.2, -0.15) is 0 Å². The molecule has 2 N–H and O–H groups in total. The van der Waals surface area contributed by atoms with Crippen molar-refractivity contribution in [3.8, 4) is 0 Å². The van der Waals surface area contributed by atoms with E-state index in [1.807, 2.05) is 31.2 Å². The van der Waals surface area contributed by atoms with Crippen LogP contribution in [0.2, 0.25) is 0 Å². The molecular weight excluding hydrogens is 337 g/mol. The molecule has 0 saturated heterocycles. The van der Waals surface area contributed by atoms with E-state index in [4.69, 9.17) is 4.84 Å². The summed E-state index contributed by atoms with van der Waals surface area (Å²) in [7, 11) is 0. The number of halogens is 1. The molecule has 2 amide bonds. The van der Waals surface area contributed by atoms with Gasteiger partial charge in [-0.15, -0.1) is 0 Å². The third-order valence-electron chi connectivity index (χ3n) is 3.90. The average Bonchev–Trinajstić information content (AvgIpc) is 3.12. The smallest absolute Gasteiger partial charge is 0.264 e. The van der Waals surface area contributed by atoms with Gasteiger partial charge in [0, 0.05) is 12.1 Å². The molecule has 1 heterocycles. The standard InChI is InChI=1S/C19H18FN3O3/c1-12-2-4-13(5-3-12)16-10-17(26-23-16)19(25)21-11-18(24)22-15-8-6-14(20)7-9-15/h2-9,17H,10-11H2,1H3,(H,21,25)(H,22,24)/t17-/m1/s1. The Morgan fingerprint density at radius 1 is 1.15 bits per heavy atom. The van der Waals surface area contributed by atoms with E-state index < -0.39 is 17.9 Å². The number of carbonyl (C=O) groups is 2. The van der Waals surface area contributed by atoms with Crippen LogP contribution in [0.1, 0.15) is 17.5 Å². The van der Waals surface area contributed by atoms with Crippen LogP contribution in [0, 0.1) is 12.7 Å². The molecule has 0 radical (unpaired) electrons. The zero-order valence-electron chi connectivity index (χ0n) is 14.2. The predicted octanol–water partition coefficient (Wildman–Crippen LogP) is 2.38. The van der Waals surface area contributed by atoms with E-state index >= 15 is 0 Å². The lowest BCUT2D eigenvalue weighted by molar-refractivity contribution is -0.132. The molecule has 0 saturated carbocycles. The van der Waals surface area contributed by atoms with Crippen molar-refractivity contribution in [3.63, 3.8) is 0 Å². The number of hydrogen-bond donors (Lipinski definition) is 2. The van der Waals surface area contributed by atoms with Crippen LogP contribution in [0.25, 0.3) is 0 Å². The molecule has 1 aliphatic heterocycles. The lowest BCUT2D eigenvalue weighted by atomic mass is 10.0. The Morgan fingerprint density at radius 3 is 2.54 bits per heavy atom. The number of nitrogens with zero attached hydrogens (tertiary/aromatic N) is 1. The van der Waals surface area contributed by atoms with Gasteiger partial charge in [-0.1, -0.05) is 35.0 Å². The van der Waals surface area contributed by atoms with E-state index in [1.165, 1.54) is 24.3 Å². The van der Waals surface area contributed by atoms with Crippen LogP contribution in [0.5, 0.6) is 0 Å². The number of nitrogens with one attached hydrogen (secondary N) is 2. The Kier molecular flexibility index (Phi) is 5.26. The number of hydrogen-bond acceptors (Lipinski definition) is 4. The van der Waals surface area contributed by atoms with Crippen LogP contribution in [-0.2, 0) is 14.4 Å². The zero-order valence-corrected chi connectivity index (χ0v) is 14.2. The third-order valence-corrected chi connectivity index (χ3v) is 3.90. The van der Waals surface area contributed by atoms with Gasteiger partial charge >= 0.3 is 0 Å². The molecule has 2 aromatic carbocycles. The SMILES string of the molecule is Cc1ccc(C2=NO[C@@H](C(=O)NCC(=O)Nc3ccc(F)cc3)C2)cc1. The maximum absolute atomic E-state index is 12.8. The minimum atomic E-state index is -0.759. The summed E-state index contributed by atoms with van der Waals surface area (Å²) in [5.74, 6) is -1.22. The topological polar surface area (TPSA) is 79.8 Å². The number of rotatable bonds is 5. The second-order valence-corrected chi connectivity index (χ2v) is 5.98. The summed E-state index contributed by atoms with van der Waals surface area (Å²) in [6.45, 7) is 1.78. The van der Waals surface area contributed by atoms with E-state index in [2.05, 4.69) is 15.8 Å². The summed E-state index contributed by atoms with van der Waals surface area (Å²) in [6.07, 6.45) is -0.418. The minimum absolute atomic E-state index is 0.212. The van der Waals surface area contributed by atoms with Gasteiger partial charge in [0.2, 0.25) is 12.0 Å². The fraction of sp³-hybridized carbons (Fsp3) is 0.211. The molecule has 0 unspecified atom stereocenters. The average molecular weight is 355 g/mol. The highest BCUT2D eigenvalue weighted by Crippen LogP contribution is 2.17. The Labute approximate surface area is 150 Å². The zero-order chi connectivity index (χ0) is 18.5. The molecule has 6 nitrogen and oxygen atoms in total. The maximum Gasteiger partial charge on any atom is 0.264 e. The lowest BCUT2D eigenvalue weighted by Crippen LogP contribution is -2.39.